The number of ether oxygens (including phenoxy) is 2. The highest BCUT2D eigenvalue weighted by molar-refractivity contribution is 5.91. The fourth-order valence-corrected chi connectivity index (χ4v) is 1.53. The summed E-state index contributed by atoms with van der Waals surface area (Å²) in [6.45, 7) is -0.591. The van der Waals surface area contributed by atoms with Gasteiger partial charge in [-0.2, -0.15) is 0 Å². The first-order valence-corrected chi connectivity index (χ1v) is 5.52. The Kier molecular flexibility index (Phi) is 3.74. The first-order chi connectivity index (χ1) is 9.11. The van der Waals surface area contributed by atoms with Crippen LogP contribution in [0, 0.1) is 0 Å². The molecular weight excluding hydrogens is 256 g/mol. The van der Waals surface area contributed by atoms with Crippen molar-refractivity contribution in [3.63, 3.8) is 0 Å². The van der Waals surface area contributed by atoms with E-state index in [2.05, 4.69) is 9.72 Å². The van der Waals surface area contributed by atoms with Gasteiger partial charge in [0.2, 0.25) is 11.5 Å². The first kappa shape index (κ1) is 13.0. The molecular formula is C12H12FNO5. The SMILES string of the molecule is O=C1O/C(=C/Cc2cc(OCC[18F])c[nH]2)C(O)=C1O. The summed E-state index contributed by atoms with van der Waals surface area (Å²) in [6.07, 6.45) is 3.32. The molecule has 102 valence electrons. The first-order valence-electron chi connectivity index (χ1n) is 5.52. The molecule has 0 fully saturated rings. The summed E-state index contributed by atoms with van der Waals surface area (Å²) in [5, 5.41) is 18.5. The van der Waals surface area contributed by atoms with Crippen molar-refractivity contribution < 1.29 is 28.9 Å². The number of carbonyl (C=O) groups is 1. The molecule has 0 unspecified atom stereocenters. The topological polar surface area (TPSA) is 91.8 Å². The quantitative estimate of drug-likeness (QED) is 0.706. The molecule has 2 rings (SSSR count). The predicted octanol–water partition coefficient (Wildman–Crippen LogP) is 1.67. The number of alkyl halides is 1. The Morgan fingerprint density at radius 3 is 2.84 bits per heavy atom. The Morgan fingerprint density at radius 2 is 2.21 bits per heavy atom. The van der Waals surface area contributed by atoms with Crippen molar-refractivity contribution in [2.45, 2.75) is 6.42 Å². The number of aromatic nitrogens is 1. The van der Waals surface area contributed by atoms with E-state index in [1.807, 2.05) is 0 Å². The third-order valence-corrected chi connectivity index (χ3v) is 2.42. The number of rotatable bonds is 5. The van der Waals surface area contributed by atoms with Gasteiger partial charge in [0.25, 0.3) is 0 Å². The molecule has 1 aromatic heterocycles. The van der Waals surface area contributed by atoms with Crippen LogP contribution in [0.15, 0.2) is 35.6 Å². The van der Waals surface area contributed by atoms with E-state index in [-0.39, 0.29) is 12.4 Å². The molecule has 3 N–H and O–H groups in total. The second-order valence-corrected chi connectivity index (χ2v) is 3.76. The molecule has 1 aliphatic heterocycles. The van der Waals surface area contributed by atoms with Crippen molar-refractivity contribution in [3.05, 3.63) is 41.3 Å². The molecule has 0 amide bonds. The van der Waals surface area contributed by atoms with Crippen LogP contribution in [-0.2, 0) is 16.0 Å². The van der Waals surface area contributed by atoms with Gasteiger partial charge in [0.05, 0.1) is 0 Å². The average molecular weight is 268 g/mol. The Hall–Kier alpha value is -2.44. The van der Waals surface area contributed by atoms with Crippen LogP contribution in [0.2, 0.25) is 0 Å². The number of aliphatic hydroxyl groups is 2. The molecule has 1 aliphatic rings. The van der Waals surface area contributed by atoms with Gasteiger partial charge in [-0.1, -0.05) is 0 Å². The van der Waals surface area contributed by atoms with E-state index in [1.54, 1.807) is 12.3 Å². The van der Waals surface area contributed by atoms with Crippen LogP contribution in [0.3, 0.4) is 0 Å². The van der Waals surface area contributed by atoms with E-state index >= 15 is 0 Å². The normalized spacial score (nSPS) is 17.1. The molecule has 1 aromatic rings. The minimum absolute atomic E-state index is 0.0204. The largest absolute Gasteiger partial charge is 0.502 e. The number of hydrogen-bond acceptors (Lipinski definition) is 5. The second-order valence-electron chi connectivity index (χ2n) is 3.76. The number of cyclic esters (lactones) is 1. The molecule has 19 heavy (non-hydrogen) atoms. The summed E-state index contributed by atoms with van der Waals surface area (Å²) < 4.78 is 21.6. The zero-order valence-electron chi connectivity index (χ0n) is 9.85. The average Bonchev–Trinajstić information content (AvgIpc) is 2.95. The lowest BCUT2D eigenvalue weighted by atomic mass is 10.2. The van der Waals surface area contributed by atoms with Crippen molar-refractivity contribution >= 4 is 5.97 Å². The smallest absolute Gasteiger partial charge is 0.383 e. The Labute approximate surface area is 107 Å². The molecule has 0 bridgehead atoms. The van der Waals surface area contributed by atoms with Crippen molar-refractivity contribution in [3.8, 4) is 5.75 Å². The summed E-state index contributed by atoms with van der Waals surface area (Å²) in [5.41, 5.74) is 0.719. The Balaban J connectivity index is 1.99. The van der Waals surface area contributed by atoms with Crippen molar-refractivity contribution in [1.29, 1.82) is 0 Å². The highest BCUT2D eigenvalue weighted by atomic mass is 18.2. The van der Waals surface area contributed by atoms with Gasteiger partial charge in [-0.3, -0.25) is 0 Å². The van der Waals surface area contributed by atoms with Gasteiger partial charge in [0, 0.05) is 24.4 Å². The van der Waals surface area contributed by atoms with Crippen LogP contribution >= 0.6 is 0 Å². The molecule has 2 heterocycles. The summed E-state index contributed by atoms with van der Waals surface area (Å²) in [7, 11) is 0. The van der Waals surface area contributed by atoms with E-state index in [9.17, 15) is 14.3 Å². The maximum absolute atomic E-state index is 11.9. The third-order valence-electron chi connectivity index (χ3n) is 2.42. The lowest BCUT2D eigenvalue weighted by molar-refractivity contribution is -0.135. The molecule has 6 nitrogen and oxygen atoms in total. The van der Waals surface area contributed by atoms with E-state index in [0.717, 1.165) is 5.69 Å². The minimum Gasteiger partial charge on any atom is -0.502 e. The maximum atomic E-state index is 11.9. The zero-order valence-corrected chi connectivity index (χ0v) is 9.85. The standard InChI is InChI=1S/C12H12FNO5/c13-3-4-18-8-5-7(14-6-8)1-2-9-10(15)11(16)12(17)19-9/h2,5-6,14-16H,1,3-4H2/b9-2+/i13-1. The highest BCUT2D eigenvalue weighted by Crippen LogP contribution is 2.23. The number of esters is 1. The van der Waals surface area contributed by atoms with Crippen LogP contribution in [0.4, 0.5) is 4.39 Å². The van der Waals surface area contributed by atoms with Gasteiger partial charge in [0.1, 0.15) is 19.0 Å². The molecule has 0 radical (unpaired) electrons. The number of H-pyrrole nitrogens is 1. The van der Waals surface area contributed by atoms with Gasteiger partial charge in [-0.15, -0.1) is 0 Å². The van der Waals surface area contributed by atoms with Crippen LogP contribution in [-0.4, -0.2) is 34.4 Å². The lowest BCUT2D eigenvalue weighted by Gasteiger charge is -1.98. The zero-order chi connectivity index (χ0) is 13.8. The number of carbonyl (C=O) groups excluding carboxylic acids is 1. The monoisotopic (exact) mass is 268 g/mol. The molecule has 0 saturated heterocycles. The van der Waals surface area contributed by atoms with Crippen molar-refractivity contribution in [1.82, 2.24) is 4.98 Å². The van der Waals surface area contributed by atoms with E-state index in [4.69, 9.17) is 9.84 Å². The van der Waals surface area contributed by atoms with Crippen molar-refractivity contribution in [2.24, 2.45) is 0 Å². The summed E-state index contributed by atoms with van der Waals surface area (Å²) in [6, 6.07) is 1.66. The molecule has 7 heteroatoms. The lowest BCUT2D eigenvalue weighted by Crippen LogP contribution is -1.97. The van der Waals surface area contributed by atoms with E-state index in [1.165, 1.54) is 6.08 Å². The summed E-state index contributed by atoms with van der Waals surface area (Å²) in [5.74, 6) is -1.96. The molecule has 0 aromatic carbocycles. The van der Waals surface area contributed by atoms with Crippen LogP contribution < -0.4 is 4.74 Å². The molecule has 0 atom stereocenters. The summed E-state index contributed by atoms with van der Waals surface area (Å²) in [4.78, 5) is 13.8. The van der Waals surface area contributed by atoms with E-state index in [0.29, 0.717) is 12.2 Å². The molecule has 0 spiro atoms. The highest BCUT2D eigenvalue weighted by Gasteiger charge is 2.29. The second kappa shape index (κ2) is 5.47. The number of nitrogens with one attached hydrogen (secondary N) is 1. The predicted molar refractivity (Wildman–Crippen MR) is 62.4 cm³/mol. The Morgan fingerprint density at radius 1 is 1.42 bits per heavy atom. The van der Waals surface area contributed by atoms with Gasteiger partial charge >= 0.3 is 5.97 Å². The van der Waals surface area contributed by atoms with Gasteiger partial charge in [-0.25, -0.2) is 9.18 Å². The molecule has 0 aliphatic carbocycles. The number of aliphatic hydroxyl groups excluding tert-OH is 2. The fourth-order valence-electron chi connectivity index (χ4n) is 1.53. The fraction of sp³-hybridized carbons (Fsp3) is 0.250. The summed E-state index contributed by atoms with van der Waals surface area (Å²) >= 11 is 0. The number of halogens is 1. The maximum Gasteiger partial charge on any atom is 0.383 e. The number of hydrogen-bond donors (Lipinski definition) is 3. The third kappa shape index (κ3) is 2.87. The van der Waals surface area contributed by atoms with Gasteiger partial charge < -0.3 is 24.7 Å². The van der Waals surface area contributed by atoms with Crippen molar-refractivity contribution in [2.75, 3.05) is 13.3 Å². The number of aromatic amines is 1. The van der Waals surface area contributed by atoms with Gasteiger partial charge in [0.15, 0.2) is 5.76 Å². The van der Waals surface area contributed by atoms with Crippen LogP contribution in [0.25, 0.3) is 0 Å². The van der Waals surface area contributed by atoms with Crippen LogP contribution in [0.1, 0.15) is 5.69 Å². The minimum atomic E-state index is -0.984. The van der Waals surface area contributed by atoms with Crippen LogP contribution in [0.5, 0.6) is 5.75 Å². The Bertz CT molecular complexity index is 546. The van der Waals surface area contributed by atoms with Gasteiger partial charge in [-0.05, 0) is 6.08 Å². The molecule has 0 saturated carbocycles. The number of allylic oxidation sites excluding steroid dienone is 1. The van der Waals surface area contributed by atoms with E-state index < -0.39 is 24.2 Å².